The molecule has 0 bridgehead atoms. The summed E-state index contributed by atoms with van der Waals surface area (Å²) in [4.78, 5) is 5.15. The molecule has 0 saturated heterocycles. The van der Waals surface area contributed by atoms with E-state index >= 15 is 0 Å². The molecule has 0 spiro atoms. The van der Waals surface area contributed by atoms with E-state index in [0.717, 1.165) is 63.0 Å². The molecule has 13 rings (SSSR count). The van der Waals surface area contributed by atoms with Gasteiger partial charge in [0.25, 0.3) is 0 Å². The Kier molecular flexibility index (Phi) is 8.14. The number of rotatable bonds is 6. The molecule has 6 heteroatoms. The number of allylic oxidation sites excluding steroid dienone is 1. The summed E-state index contributed by atoms with van der Waals surface area (Å²) in [5, 5.41) is 13.5. The van der Waals surface area contributed by atoms with Crippen molar-refractivity contribution in [1.29, 1.82) is 0 Å². The van der Waals surface area contributed by atoms with Crippen LogP contribution in [0.4, 0.5) is 0 Å². The third-order valence-electron chi connectivity index (χ3n) is 13.1. The predicted octanol–water partition coefficient (Wildman–Crippen LogP) is 13.6. The molecule has 2 unspecified atom stereocenters. The molecule has 11 aromatic rings. The van der Waals surface area contributed by atoms with Gasteiger partial charge in [0.2, 0.25) is 0 Å². The average molecular weight is 812 g/mol. The molecular formula is C57H41N5O. The Morgan fingerprint density at radius 3 is 2.06 bits per heavy atom. The van der Waals surface area contributed by atoms with Crippen molar-refractivity contribution < 1.29 is 4.42 Å². The lowest BCUT2D eigenvalue weighted by Gasteiger charge is -2.32. The van der Waals surface area contributed by atoms with Gasteiger partial charge in [0.05, 0.1) is 16.6 Å². The summed E-state index contributed by atoms with van der Waals surface area (Å²) >= 11 is 0. The molecule has 2 aliphatic rings. The van der Waals surface area contributed by atoms with E-state index in [1.807, 2.05) is 12.1 Å². The van der Waals surface area contributed by atoms with Crippen LogP contribution in [0.2, 0.25) is 0 Å². The van der Waals surface area contributed by atoms with Gasteiger partial charge in [-0.25, -0.2) is 4.99 Å². The van der Waals surface area contributed by atoms with Crippen molar-refractivity contribution in [2.24, 2.45) is 4.99 Å². The number of para-hydroxylation sites is 2. The van der Waals surface area contributed by atoms with Gasteiger partial charge in [0.1, 0.15) is 29.3 Å². The Labute approximate surface area is 364 Å². The second-order valence-corrected chi connectivity index (χ2v) is 16.7. The highest BCUT2D eigenvalue weighted by atomic mass is 16.3. The highest BCUT2D eigenvalue weighted by molar-refractivity contribution is 6.11. The molecule has 3 aromatic heterocycles. The zero-order valence-electron chi connectivity index (χ0n) is 34.4. The molecule has 4 heterocycles. The first kappa shape index (κ1) is 35.8. The SMILES string of the molecule is C1=Cc2c(c3cc(-c4ccc5c(c4)c4ccccc4n5-c4ccccc4)ccc3n2-c2ccc3c(c2)oc2cccc(C4NC(c5ccccc5)=NC(c5ccccc5)N4)c23)CC1. The molecule has 2 atom stereocenters. The largest absolute Gasteiger partial charge is 0.456 e. The second-order valence-electron chi connectivity index (χ2n) is 16.7. The molecule has 1 aliphatic carbocycles. The fraction of sp³-hybridized carbons (Fsp3) is 0.0702. The number of aryl methyl sites for hydroxylation is 1. The lowest BCUT2D eigenvalue weighted by molar-refractivity contribution is 0.411. The van der Waals surface area contributed by atoms with Crippen LogP contribution in [-0.2, 0) is 6.42 Å². The van der Waals surface area contributed by atoms with Crippen LogP contribution in [0.1, 0.15) is 46.7 Å². The Hall–Kier alpha value is -7.93. The first-order valence-electron chi connectivity index (χ1n) is 21.8. The minimum absolute atomic E-state index is 0.213. The van der Waals surface area contributed by atoms with Crippen LogP contribution >= 0.6 is 0 Å². The lowest BCUT2D eigenvalue weighted by Crippen LogP contribution is -2.45. The maximum absolute atomic E-state index is 6.76. The van der Waals surface area contributed by atoms with Crippen molar-refractivity contribution in [3.8, 4) is 22.5 Å². The van der Waals surface area contributed by atoms with Crippen molar-refractivity contribution in [3.05, 3.63) is 222 Å². The second kappa shape index (κ2) is 14.3. The molecule has 0 amide bonds. The fourth-order valence-electron chi connectivity index (χ4n) is 10.2. The van der Waals surface area contributed by atoms with E-state index in [2.05, 4.69) is 208 Å². The smallest absolute Gasteiger partial charge is 0.137 e. The summed E-state index contributed by atoms with van der Waals surface area (Å²) in [5.74, 6) is 0.858. The molecule has 63 heavy (non-hydrogen) atoms. The Balaban J connectivity index is 0.905. The monoisotopic (exact) mass is 811 g/mol. The maximum atomic E-state index is 6.76. The van der Waals surface area contributed by atoms with Crippen LogP contribution in [0.3, 0.4) is 0 Å². The van der Waals surface area contributed by atoms with Gasteiger partial charge in [-0.15, -0.1) is 0 Å². The summed E-state index contributed by atoms with van der Waals surface area (Å²) in [5.41, 5.74) is 15.9. The van der Waals surface area contributed by atoms with Gasteiger partial charge in [-0.3, -0.25) is 5.32 Å². The standard InChI is InChI=1S/C57H41N5O/c1-4-15-36(16-5-1)55-58-56(37-17-6-2-7-18-37)60-57(59-55)45-23-14-26-52-54(45)44-30-29-41(35-53(44)63-52)62-49-25-13-11-22-43(49)47-34-39(28-32-51(47)62)38-27-31-50-46(33-38)42-21-10-12-24-48(42)61(50)40-19-8-3-9-20-40/h1-10,12-21,23-35,55,57,59H,11,22H2,(H,58,60). The van der Waals surface area contributed by atoms with Crippen LogP contribution in [0.5, 0.6) is 0 Å². The fourth-order valence-corrected chi connectivity index (χ4v) is 10.2. The number of hydrogen-bond donors (Lipinski definition) is 2. The van der Waals surface area contributed by atoms with Crippen LogP contribution in [0.15, 0.2) is 204 Å². The van der Waals surface area contributed by atoms with Crippen molar-refractivity contribution in [3.63, 3.8) is 0 Å². The predicted molar refractivity (Wildman–Crippen MR) is 259 cm³/mol. The van der Waals surface area contributed by atoms with Crippen molar-refractivity contribution >= 4 is 66.6 Å². The first-order valence-corrected chi connectivity index (χ1v) is 21.8. The van der Waals surface area contributed by atoms with Gasteiger partial charge < -0.3 is 18.9 Å². The Morgan fingerprint density at radius 1 is 0.524 bits per heavy atom. The molecule has 0 radical (unpaired) electrons. The van der Waals surface area contributed by atoms with E-state index < -0.39 is 0 Å². The van der Waals surface area contributed by atoms with Gasteiger partial charge in [0, 0.05) is 61.2 Å². The van der Waals surface area contributed by atoms with E-state index in [1.165, 1.54) is 60.8 Å². The highest BCUT2D eigenvalue weighted by Crippen LogP contribution is 2.41. The third-order valence-corrected chi connectivity index (χ3v) is 13.1. The topological polar surface area (TPSA) is 59.4 Å². The van der Waals surface area contributed by atoms with E-state index in [1.54, 1.807) is 0 Å². The van der Waals surface area contributed by atoms with E-state index in [4.69, 9.17) is 9.41 Å². The summed E-state index contributed by atoms with van der Waals surface area (Å²) in [6.45, 7) is 0. The van der Waals surface area contributed by atoms with E-state index in [-0.39, 0.29) is 12.3 Å². The lowest BCUT2D eigenvalue weighted by atomic mass is 9.97. The normalized spacial score (nSPS) is 16.2. The number of nitrogens with one attached hydrogen (secondary N) is 2. The molecule has 300 valence electrons. The minimum atomic E-state index is -0.223. The van der Waals surface area contributed by atoms with Crippen molar-refractivity contribution in [2.75, 3.05) is 0 Å². The van der Waals surface area contributed by atoms with Crippen molar-refractivity contribution in [2.45, 2.75) is 25.2 Å². The first-order chi connectivity index (χ1) is 31.2. The van der Waals surface area contributed by atoms with E-state index in [0.29, 0.717) is 0 Å². The van der Waals surface area contributed by atoms with Crippen LogP contribution in [0.25, 0.3) is 83.2 Å². The molecule has 1 aliphatic heterocycles. The van der Waals surface area contributed by atoms with Crippen molar-refractivity contribution in [1.82, 2.24) is 19.8 Å². The number of furan rings is 1. The van der Waals surface area contributed by atoms with Gasteiger partial charge in [-0.05, 0) is 102 Å². The summed E-state index contributed by atoms with van der Waals surface area (Å²) in [6, 6.07) is 67.3. The van der Waals surface area contributed by atoms with Crippen LogP contribution in [-0.4, -0.2) is 15.0 Å². The van der Waals surface area contributed by atoms with Gasteiger partial charge >= 0.3 is 0 Å². The summed E-state index contributed by atoms with van der Waals surface area (Å²) in [7, 11) is 0. The number of hydrogen-bond acceptors (Lipinski definition) is 4. The molecule has 2 N–H and O–H groups in total. The molecular weight excluding hydrogens is 771 g/mol. The summed E-state index contributed by atoms with van der Waals surface area (Å²) in [6.07, 6.45) is 6.20. The number of aliphatic imine (C=N–C) groups is 1. The number of benzene rings is 8. The molecule has 0 saturated carbocycles. The zero-order valence-corrected chi connectivity index (χ0v) is 34.4. The highest BCUT2D eigenvalue weighted by Gasteiger charge is 2.28. The maximum Gasteiger partial charge on any atom is 0.137 e. The molecule has 6 nitrogen and oxygen atoms in total. The molecule has 0 fully saturated rings. The number of fused-ring (bicyclic) bond motifs is 9. The van der Waals surface area contributed by atoms with Gasteiger partial charge in [-0.1, -0.05) is 127 Å². The van der Waals surface area contributed by atoms with Gasteiger partial charge in [-0.2, -0.15) is 0 Å². The molecule has 8 aromatic carbocycles. The number of amidine groups is 1. The minimum Gasteiger partial charge on any atom is -0.456 e. The van der Waals surface area contributed by atoms with Crippen LogP contribution < -0.4 is 10.6 Å². The van der Waals surface area contributed by atoms with Gasteiger partial charge in [0.15, 0.2) is 0 Å². The quantitative estimate of drug-likeness (QED) is 0.176. The van der Waals surface area contributed by atoms with Crippen LogP contribution in [0, 0.1) is 0 Å². The average Bonchev–Trinajstić information content (AvgIpc) is 4.01. The third kappa shape index (κ3) is 5.79. The van der Waals surface area contributed by atoms with E-state index in [9.17, 15) is 0 Å². The summed E-state index contributed by atoms with van der Waals surface area (Å²) < 4.78 is 11.6. The zero-order chi connectivity index (χ0) is 41.4. The number of aromatic nitrogens is 2. The Morgan fingerprint density at radius 2 is 1.24 bits per heavy atom. The Bertz CT molecular complexity index is 3630. The number of nitrogens with zero attached hydrogens (tertiary/aromatic N) is 3.